The minimum Gasteiger partial charge on any atom is -0.508 e. The number of phenolic OH excluding ortho intramolecular Hbond substituents is 1. The number of aromatic hydroxyl groups is 1. The van der Waals surface area contributed by atoms with E-state index in [-0.39, 0.29) is 24.3 Å². The second-order valence-electron chi connectivity index (χ2n) is 20.4. The number of unbranched alkanes of at least 4 members (excludes halogenated alkanes) is 8. The number of fused-ring (bicyclic) bond motifs is 2. The molecule has 414 valence electrons. The van der Waals surface area contributed by atoms with Gasteiger partial charge in [0.25, 0.3) is 0 Å². The van der Waals surface area contributed by atoms with Gasteiger partial charge in [0, 0.05) is 44.7 Å². The number of aliphatic hydroxyl groups excluding tert-OH is 7. The van der Waals surface area contributed by atoms with Gasteiger partial charge in [-0.05, 0) is 37.0 Å². The maximum atomic E-state index is 14.3. The molecule has 0 aliphatic carbocycles. The summed E-state index contributed by atoms with van der Waals surface area (Å²) >= 11 is 0. The topological polar surface area (TPSA) is 372 Å². The van der Waals surface area contributed by atoms with Crippen molar-refractivity contribution in [2.24, 2.45) is 11.8 Å². The van der Waals surface area contributed by atoms with E-state index < -0.39 is 159 Å². The lowest BCUT2D eigenvalue weighted by molar-refractivity contribution is -0.145. The molecule has 7 amide bonds. The van der Waals surface area contributed by atoms with Gasteiger partial charge in [-0.2, -0.15) is 5.26 Å². The van der Waals surface area contributed by atoms with Crippen LogP contribution in [0.5, 0.6) is 5.75 Å². The first kappa shape index (κ1) is 61.1. The Morgan fingerprint density at radius 2 is 1.38 bits per heavy atom. The number of rotatable bonds is 20. The molecule has 23 heteroatoms. The number of phenols is 1. The van der Waals surface area contributed by atoms with Gasteiger partial charge in [-0.25, -0.2) is 0 Å². The molecule has 1 aromatic carbocycles. The van der Waals surface area contributed by atoms with Gasteiger partial charge in [0.2, 0.25) is 41.4 Å². The first-order valence-corrected chi connectivity index (χ1v) is 26.1. The molecule has 3 aliphatic rings. The molecule has 15 unspecified atom stereocenters. The van der Waals surface area contributed by atoms with Crippen LogP contribution in [-0.2, 0) is 33.6 Å². The maximum Gasteiger partial charge on any atom is 0.248 e. The molecule has 1 aromatic rings. The molecule has 3 aliphatic heterocycles. The molecule has 74 heavy (non-hydrogen) atoms. The van der Waals surface area contributed by atoms with Crippen LogP contribution in [0.15, 0.2) is 24.3 Å². The van der Waals surface area contributed by atoms with Gasteiger partial charge in [0.1, 0.15) is 54.1 Å². The van der Waals surface area contributed by atoms with Crippen molar-refractivity contribution in [2.45, 2.75) is 203 Å². The van der Waals surface area contributed by atoms with Crippen molar-refractivity contribution in [2.75, 3.05) is 19.7 Å². The number of nitriles is 1. The number of amides is 7. The van der Waals surface area contributed by atoms with Crippen LogP contribution in [0.25, 0.3) is 0 Å². The predicted octanol–water partition coefficient (Wildman–Crippen LogP) is -1.23. The second kappa shape index (κ2) is 29.6. The molecular weight excluding hydrogens is 965 g/mol. The van der Waals surface area contributed by atoms with Gasteiger partial charge in [-0.3, -0.25) is 33.6 Å². The molecular formula is C51H80N8O15. The molecule has 0 aromatic heterocycles. The van der Waals surface area contributed by atoms with Crippen LogP contribution in [0.3, 0.4) is 0 Å². The number of benzene rings is 1. The lowest BCUT2D eigenvalue weighted by Crippen LogP contribution is -2.61. The number of nitrogens with one attached hydrogen (secondary N) is 5. The maximum absolute atomic E-state index is 14.3. The van der Waals surface area contributed by atoms with Gasteiger partial charge in [0.05, 0.1) is 43.2 Å². The third-order valence-electron chi connectivity index (χ3n) is 14.4. The van der Waals surface area contributed by atoms with Gasteiger partial charge in [-0.1, -0.05) is 97.1 Å². The number of hydrogen-bond acceptors (Lipinski definition) is 16. The smallest absolute Gasteiger partial charge is 0.248 e. The van der Waals surface area contributed by atoms with E-state index in [9.17, 15) is 79.7 Å². The average Bonchev–Trinajstić information content (AvgIpc) is 3.91. The van der Waals surface area contributed by atoms with Crippen molar-refractivity contribution in [1.29, 1.82) is 5.26 Å². The van der Waals surface area contributed by atoms with Crippen molar-refractivity contribution < 1.29 is 74.4 Å². The highest BCUT2D eigenvalue weighted by Gasteiger charge is 2.49. The van der Waals surface area contributed by atoms with E-state index in [4.69, 9.17) is 0 Å². The Morgan fingerprint density at radius 3 is 1.97 bits per heavy atom. The second-order valence-corrected chi connectivity index (χ2v) is 20.4. The molecule has 0 bridgehead atoms. The van der Waals surface area contributed by atoms with E-state index in [1.54, 1.807) is 6.07 Å². The molecule has 13 N–H and O–H groups in total. The standard InChI is InChI=1S/C51H80N8O15/c1-5-28(2)15-13-11-9-7-6-8-10-12-14-16-41(66)53-34-22-39(64)36(24-52)55-49(72)43-44(67)29(3)25-59(43)50(73)37(27-60)56-46(69)35(23-40(65)45(68)31-17-19-32(62)20-18-31)54-48(71)38-21-33(63)26-58(38)51(74)42(30(4)61)57-47(34)70/h17-20,28-30,33-40,42-45,60-65,67-68H,5-16,21-23,25-27H2,1-4H3,(H,53,66)(H,54,71)(H,55,72)(H,56,69)(H,57,70). The third kappa shape index (κ3) is 17.3. The van der Waals surface area contributed by atoms with Crippen LogP contribution in [-0.4, -0.2) is 185 Å². The fourth-order valence-corrected chi connectivity index (χ4v) is 9.65. The van der Waals surface area contributed by atoms with E-state index in [0.717, 1.165) is 54.7 Å². The Morgan fingerprint density at radius 1 is 0.770 bits per heavy atom. The highest BCUT2D eigenvalue weighted by atomic mass is 16.3. The molecule has 0 spiro atoms. The van der Waals surface area contributed by atoms with Crippen molar-refractivity contribution in [3.63, 3.8) is 0 Å². The Kier molecular flexibility index (Phi) is 24.4. The SMILES string of the molecule is CCC(C)CCCCCCCCCCCC(=O)NC1CC(O)C(C#N)NC(=O)C2C(O)C(C)CN2C(=O)C(CO)NC(=O)C(CC(O)C(O)c2ccc(O)cc2)NC(=O)C2CC(O)CN2C(=O)C(C(C)O)NC1=O. The molecule has 0 radical (unpaired) electrons. The van der Waals surface area contributed by atoms with Gasteiger partial charge >= 0.3 is 0 Å². The summed E-state index contributed by atoms with van der Waals surface area (Å²) in [6.45, 7) is 5.17. The third-order valence-corrected chi connectivity index (χ3v) is 14.4. The van der Waals surface area contributed by atoms with Crippen LogP contribution < -0.4 is 26.6 Å². The zero-order chi connectivity index (χ0) is 54.8. The number of carbonyl (C=O) groups is 7. The van der Waals surface area contributed by atoms with Gasteiger partial charge in [0.15, 0.2) is 0 Å². The summed E-state index contributed by atoms with van der Waals surface area (Å²) in [5.41, 5.74) is 0.0865. The van der Waals surface area contributed by atoms with Crippen LogP contribution >= 0.6 is 0 Å². The fourth-order valence-electron chi connectivity index (χ4n) is 9.65. The lowest BCUT2D eigenvalue weighted by Gasteiger charge is -2.32. The highest BCUT2D eigenvalue weighted by Crippen LogP contribution is 2.27. The molecule has 3 heterocycles. The molecule has 3 saturated heterocycles. The Hall–Kier alpha value is -5.48. The normalized spacial score (nSPS) is 29.3. The number of hydrogen-bond donors (Lipinski definition) is 13. The van der Waals surface area contributed by atoms with E-state index in [1.165, 1.54) is 56.9 Å². The largest absolute Gasteiger partial charge is 0.508 e. The first-order chi connectivity index (χ1) is 35.1. The molecule has 4 rings (SSSR count). The Labute approximate surface area is 432 Å². The van der Waals surface area contributed by atoms with Crippen molar-refractivity contribution >= 4 is 41.4 Å². The zero-order valence-corrected chi connectivity index (χ0v) is 43.0. The molecule has 23 nitrogen and oxygen atoms in total. The minimum absolute atomic E-state index is 0.0449. The van der Waals surface area contributed by atoms with Crippen molar-refractivity contribution in [3.8, 4) is 11.8 Å². The molecule has 0 saturated carbocycles. The summed E-state index contributed by atoms with van der Waals surface area (Å²) in [6.07, 6.45) is -0.988. The summed E-state index contributed by atoms with van der Waals surface area (Å²) in [7, 11) is 0. The van der Waals surface area contributed by atoms with Crippen molar-refractivity contribution in [1.82, 2.24) is 36.4 Å². The molecule has 3 fully saturated rings. The summed E-state index contributed by atoms with van der Waals surface area (Å²) in [5, 5.41) is 109. The minimum atomic E-state index is -1.93. The zero-order valence-electron chi connectivity index (χ0n) is 43.0. The van der Waals surface area contributed by atoms with Crippen LogP contribution in [0.2, 0.25) is 0 Å². The summed E-state index contributed by atoms with van der Waals surface area (Å²) in [6, 6.07) is -5.80. The Bertz CT molecular complexity index is 2080. The lowest BCUT2D eigenvalue weighted by atomic mass is 9.97. The summed E-state index contributed by atoms with van der Waals surface area (Å²) < 4.78 is 0. The summed E-state index contributed by atoms with van der Waals surface area (Å²) in [4.78, 5) is 100. The summed E-state index contributed by atoms with van der Waals surface area (Å²) in [5.74, 6) is -7.66. The monoisotopic (exact) mass is 1040 g/mol. The number of carbonyl (C=O) groups excluding carboxylic acids is 7. The van der Waals surface area contributed by atoms with E-state index in [1.807, 2.05) is 0 Å². The number of aliphatic hydroxyl groups is 7. The van der Waals surface area contributed by atoms with Gasteiger partial charge in [-0.15, -0.1) is 0 Å². The van der Waals surface area contributed by atoms with Crippen LogP contribution in [0, 0.1) is 23.2 Å². The van der Waals surface area contributed by atoms with Gasteiger partial charge < -0.3 is 77.2 Å². The first-order valence-electron chi connectivity index (χ1n) is 26.1. The highest BCUT2D eigenvalue weighted by molar-refractivity contribution is 5.98. The van der Waals surface area contributed by atoms with Crippen LogP contribution in [0.1, 0.15) is 136 Å². The Balaban J connectivity index is 1.64. The van der Waals surface area contributed by atoms with E-state index in [2.05, 4.69) is 40.4 Å². The molecule has 15 atom stereocenters. The van der Waals surface area contributed by atoms with E-state index in [0.29, 0.717) is 12.8 Å². The predicted molar refractivity (Wildman–Crippen MR) is 265 cm³/mol. The fraction of sp³-hybridized carbons (Fsp3) is 0.725. The number of nitrogens with zero attached hydrogens (tertiary/aromatic N) is 3. The van der Waals surface area contributed by atoms with E-state index >= 15 is 0 Å². The quantitative estimate of drug-likeness (QED) is 0.0680. The van der Waals surface area contributed by atoms with Crippen LogP contribution in [0.4, 0.5) is 0 Å². The average molecular weight is 1050 g/mol. The van der Waals surface area contributed by atoms with Crippen molar-refractivity contribution in [3.05, 3.63) is 29.8 Å².